The highest BCUT2D eigenvalue weighted by Gasteiger charge is 2.54. The topological polar surface area (TPSA) is 177 Å². The first kappa shape index (κ1) is 39.6. The van der Waals surface area contributed by atoms with E-state index in [4.69, 9.17) is 24.4 Å². The third-order valence-electron chi connectivity index (χ3n) is 8.78. The summed E-state index contributed by atoms with van der Waals surface area (Å²) in [6.45, 7) is 9.44. The van der Waals surface area contributed by atoms with Gasteiger partial charge in [0.2, 0.25) is 0 Å². The third kappa shape index (κ3) is 13.2. The molecule has 0 aromatic rings. The summed E-state index contributed by atoms with van der Waals surface area (Å²) in [4.78, 5) is 46.0. The molecule has 2 fully saturated rings. The van der Waals surface area contributed by atoms with Gasteiger partial charge < -0.3 is 34.6 Å². The van der Waals surface area contributed by atoms with Gasteiger partial charge in [0.15, 0.2) is 5.79 Å². The zero-order valence-corrected chi connectivity index (χ0v) is 28.2. The number of carboxylic acids is 3. The van der Waals surface area contributed by atoms with Crippen LogP contribution in [0.4, 0.5) is 0 Å². The molecule has 0 unspecified atom stereocenters. The van der Waals surface area contributed by atoms with Crippen molar-refractivity contribution in [3.05, 3.63) is 59.8 Å². The number of carboxylic acid groups (broad SMARTS) is 3. The quantitative estimate of drug-likeness (QED) is 0.0802. The van der Waals surface area contributed by atoms with Crippen LogP contribution in [0.5, 0.6) is 0 Å². The molecule has 0 aromatic carbocycles. The van der Waals surface area contributed by atoms with Crippen molar-refractivity contribution < 1.29 is 53.8 Å². The fourth-order valence-corrected chi connectivity index (χ4v) is 5.81. The molecule has 11 heteroatoms. The highest BCUT2D eigenvalue weighted by molar-refractivity contribution is 5.81. The molecule has 2 saturated heterocycles. The van der Waals surface area contributed by atoms with E-state index in [0.29, 0.717) is 37.7 Å². The van der Waals surface area contributed by atoms with Crippen molar-refractivity contribution >= 4 is 23.9 Å². The van der Waals surface area contributed by atoms with Crippen molar-refractivity contribution in [2.45, 2.75) is 129 Å². The monoisotopic (exact) mass is 660 g/mol. The fraction of sp³-hybridized carbons (Fsp3) is 0.611. The Balaban J connectivity index is 2.31. The van der Waals surface area contributed by atoms with Gasteiger partial charge in [-0.2, -0.15) is 0 Å². The first-order valence-corrected chi connectivity index (χ1v) is 16.4. The van der Waals surface area contributed by atoms with Crippen molar-refractivity contribution in [3.63, 3.8) is 0 Å². The minimum absolute atomic E-state index is 0.186. The molecule has 1 spiro atoms. The second-order valence-corrected chi connectivity index (χ2v) is 12.8. The van der Waals surface area contributed by atoms with Gasteiger partial charge in [-0.1, -0.05) is 69.2 Å². The van der Waals surface area contributed by atoms with Gasteiger partial charge in [-0.25, -0.2) is 9.59 Å². The van der Waals surface area contributed by atoms with Gasteiger partial charge in [0.25, 0.3) is 0 Å². The van der Waals surface area contributed by atoms with E-state index in [9.17, 15) is 29.4 Å². The summed E-state index contributed by atoms with van der Waals surface area (Å²) in [5, 5.41) is 37.5. The maximum atomic E-state index is 12.9. The Morgan fingerprint density at radius 1 is 0.936 bits per heavy atom. The Bertz CT molecular complexity index is 1250. The molecule has 7 atom stereocenters. The summed E-state index contributed by atoms with van der Waals surface area (Å²) >= 11 is 0. The first-order valence-electron chi connectivity index (χ1n) is 16.4. The van der Waals surface area contributed by atoms with E-state index in [1.54, 1.807) is 38.2 Å². The van der Waals surface area contributed by atoms with Gasteiger partial charge in [0.1, 0.15) is 11.7 Å². The summed E-state index contributed by atoms with van der Waals surface area (Å²) in [6.07, 6.45) is 14.9. The number of hydrogen-bond acceptors (Lipinski definition) is 8. The maximum Gasteiger partial charge on any atom is 0.328 e. The summed E-state index contributed by atoms with van der Waals surface area (Å²) in [6, 6.07) is 0. The predicted molar refractivity (Wildman–Crippen MR) is 175 cm³/mol. The number of esters is 1. The van der Waals surface area contributed by atoms with Crippen LogP contribution in [-0.2, 0) is 33.4 Å². The van der Waals surface area contributed by atoms with Crippen LogP contribution in [0.2, 0.25) is 0 Å². The van der Waals surface area contributed by atoms with Crippen molar-refractivity contribution in [2.75, 3.05) is 0 Å². The number of aliphatic carboxylic acids is 3. The van der Waals surface area contributed by atoms with E-state index >= 15 is 0 Å². The average molecular weight is 661 g/mol. The molecule has 0 aliphatic carbocycles. The minimum Gasteiger partial charge on any atom is -0.481 e. The molecule has 47 heavy (non-hydrogen) atoms. The number of carbonyl (C=O) groups excluding carboxylic acids is 1. The summed E-state index contributed by atoms with van der Waals surface area (Å²) in [5.41, 5.74) is 0.314. The smallest absolute Gasteiger partial charge is 0.328 e. The molecule has 0 aromatic heterocycles. The van der Waals surface area contributed by atoms with Crippen LogP contribution >= 0.6 is 0 Å². The molecule has 0 amide bonds. The lowest BCUT2D eigenvalue weighted by Gasteiger charge is -2.53. The molecular formula is C36H52O11. The van der Waals surface area contributed by atoms with Crippen LogP contribution in [0.15, 0.2) is 59.8 Å². The zero-order chi connectivity index (χ0) is 35.2. The Morgan fingerprint density at radius 3 is 2.30 bits per heavy atom. The number of rotatable bonds is 17. The van der Waals surface area contributed by atoms with Gasteiger partial charge >= 0.3 is 23.9 Å². The van der Waals surface area contributed by atoms with Gasteiger partial charge in [-0.3, -0.25) is 9.59 Å². The molecular weight excluding hydrogens is 608 g/mol. The molecule has 2 rings (SSSR count). The number of aliphatic hydroxyl groups is 1. The van der Waals surface area contributed by atoms with E-state index in [1.807, 2.05) is 19.9 Å². The highest BCUT2D eigenvalue weighted by Crippen LogP contribution is 2.48. The molecule has 2 heterocycles. The number of carbonyl (C=O) groups is 4. The van der Waals surface area contributed by atoms with E-state index in [2.05, 4.69) is 6.92 Å². The molecule has 2 aliphatic heterocycles. The largest absolute Gasteiger partial charge is 0.481 e. The highest BCUT2D eigenvalue weighted by atomic mass is 16.7. The lowest BCUT2D eigenvalue weighted by Crippen LogP contribution is -2.59. The maximum absolute atomic E-state index is 12.9. The van der Waals surface area contributed by atoms with Gasteiger partial charge in [-0.15, -0.1) is 0 Å². The predicted octanol–water partition coefficient (Wildman–Crippen LogP) is 6.13. The van der Waals surface area contributed by atoms with Crippen LogP contribution in [0.25, 0.3) is 0 Å². The summed E-state index contributed by atoms with van der Waals surface area (Å²) in [5.74, 6) is -4.98. The Hall–Kier alpha value is -3.54. The Morgan fingerprint density at radius 2 is 1.66 bits per heavy atom. The van der Waals surface area contributed by atoms with Crippen LogP contribution in [0.1, 0.15) is 98.8 Å². The number of aliphatic hydroxyl groups excluding tert-OH is 1. The number of allylic oxidation sites excluding steroid dienone is 4. The van der Waals surface area contributed by atoms with E-state index in [0.717, 1.165) is 37.0 Å². The van der Waals surface area contributed by atoms with E-state index < -0.39 is 47.5 Å². The lowest BCUT2D eigenvalue weighted by molar-refractivity contribution is -0.344. The molecule has 2 aliphatic rings. The fourth-order valence-electron chi connectivity index (χ4n) is 5.81. The average Bonchev–Trinajstić information content (AvgIpc) is 3.01. The zero-order valence-electron chi connectivity index (χ0n) is 28.2. The minimum atomic E-state index is -1.09. The van der Waals surface area contributed by atoms with Crippen molar-refractivity contribution in [3.8, 4) is 0 Å². The second kappa shape index (κ2) is 18.7. The number of unbranched alkanes of at least 4 members (excludes halogenated alkanes) is 1. The van der Waals surface area contributed by atoms with Crippen molar-refractivity contribution in [2.24, 2.45) is 11.8 Å². The van der Waals surface area contributed by atoms with Crippen LogP contribution in [-0.4, -0.2) is 74.0 Å². The van der Waals surface area contributed by atoms with Crippen LogP contribution in [0, 0.1) is 11.8 Å². The van der Waals surface area contributed by atoms with Crippen molar-refractivity contribution in [1.82, 2.24) is 0 Å². The normalized spacial score (nSPS) is 28.6. The molecule has 11 nitrogen and oxygen atoms in total. The Kier molecular flexibility index (Phi) is 15.8. The molecule has 0 saturated carbocycles. The molecule has 0 bridgehead atoms. The molecule has 0 radical (unpaired) electrons. The molecule has 262 valence electrons. The number of ether oxygens (including phenoxy) is 3. The lowest BCUT2D eigenvalue weighted by atomic mass is 9.78. The van der Waals surface area contributed by atoms with Crippen LogP contribution < -0.4 is 0 Å². The van der Waals surface area contributed by atoms with Gasteiger partial charge in [0.05, 0.1) is 25.0 Å². The first-order chi connectivity index (χ1) is 22.1. The summed E-state index contributed by atoms with van der Waals surface area (Å²) in [7, 11) is 0. The van der Waals surface area contributed by atoms with Crippen LogP contribution in [0.3, 0.4) is 0 Å². The summed E-state index contributed by atoms with van der Waals surface area (Å²) < 4.78 is 19.5. The number of hydrogen-bond donors (Lipinski definition) is 4. The second-order valence-electron chi connectivity index (χ2n) is 12.8. The third-order valence-corrected chi connectivity index (χ3v) is 8.78. The van der Waals surface area contributed by atoms with Gasteiger partial charge in [0, 0.05) is 30.9 Å². The van der Waals surface area contributed by atoms with E-state index in [1.165, 1.54) is 6.08 Å². The molecule has 4 N–H and O–H groups in total. The van der Waals surface area contributed by atoms with Crippen molar-refractivity contribution in [1.29, 1.82) is 0 Å². The standard InChI is InChI=1S/C36H52O11/c1-6-7-19-35(47-34(44)17-16-32(40)41)21-22-36(46-30(35)14-10-25(3)23-33(42)43)20-18-27(5)29(45-36)13-9-24(2)8-12-28(37)26(4)11-15-31(38)39/h8-12,14-15,23,26-30,37H,6-7,13,16-22H2,1-5H3,(H,38,39)(H,40,41)(H,42,43)/b12-8+,14-10+,15-11+,24-9+,25-23-/t26-,27+,28+,29+,30-,35+,36+/m1/s1. The Labute approximate surface area is 277 Å². The van der Waals surface area contributed by atoms with Gasteiger partial charge in [-0.05, 0) is 57.4 Å². The van der Waals surface area contributed by atoms with E-state index in [-0.39, 0.29) is 30.8 Å². The SMILES string of the molecule is CCCC[C@]1(OC(=O)CCC(=O)O)CC[C@]2(CC[C@H](C)[C@H](C/C=C(C)/C=C/[C@H](O)[C@H](C)/C=C/C(=O)O)O2)O[C@@H]1/C=C/C(C)=C\C(=O)O.